The number of fused-ring (bicyclic) bond motifs is 1. The molecule has 0 N–H and O–H groups in total. The molecule has 146 valence electrons. The van der Waals surface area contributed by atoms with Crippen molar-refractivity contribution >= 4 is 22.7 Å². The average molecular weight is 384 g/mol. The van der Waals surface area contributed by atoms with Gasteiger partial charge in [-0.05, 0) is 25.1 Å². The highest BCUT2D eigenvalue weighted by Gasteiger charge is 2.24. The molecule has 0 aliphatic rings. The molecule has 0 atom stereocenters. The summed E-state index contributed by atoms with van der Waals surface area (Å²) in [6.45, 7) is 1.33. The summed E-state index contributed by atoms with van der Waals surface area (Å²) in [4.78, 5) is 25.0. The Morgan fingerprint density at radius 3 is 2.29 bits per heavy atom. The SMILES string of the molecule is COc1ccc(C(=O)OCC(=O)c2oc3ccccc3c2C)c(OC)c1OC. The van der Waals surface area contributed by atoms with Gasteiger partial charge in [-0.15, -0.1) is 0 Å². The second kappa shape index (κ2) is 8.04. The molecule has 3 aromatic rings. The van der Waals surface area contributed by atoms with E-state index in [1.807, 2.05) is 18.2 Å². The Kier molecular flexibility index (Phi) is 5.54. The first-order valence-corrected chi connectivity index (χ1v) is 8.49. The van der Waals surface area contributed by atoms with Crippen LogP contribution in [-0.2, 0) is 4.74 Å². The van der Waals surface area contributed by atoms with Gasteiger partial charge in [0.05, 0.1) is 21.3 Å². The highest BCUT2D eigenvalue weighted by molar-refractivity contribution is 6.02. The van der Waals surface area contributed by atoms with Crippen molar-refractivity contribution in [2.45, 2.75) is 6.92 Å². The number of methoxy groups -OCH3 is 3. The van der Waals surface area contributed by atoms with Crippen LogP contribution in [0.15, 0.2) is 40.8 Å². The number of esters is 1. The van der Waals surface area contributed by atoms with Gasteiger partial charge in [0, 0.05) is 10.9 Å². The Balaban J connectivity index is 1.80. The lowest BCUT2D eigenvalue weighted by molar-refractivity contribution is 0.0464. The van der Waals surface area contributed by atoms with Gasteiger partial charge in [-0.3, -0.25) is 4.79 Å². The number of hydrogen-bond acceptors (Lipinski definition) is 7. The van der Waals surface area contributed by atoms with Gasteiger partial charge in [0.15, 0.2) is 23.9 Å². The molecule has 2 aromatic carbocycles. The molecule has 7 heteroatoms. The minimum Gasteiger partial charge on any atom is -0.493 e. The van der Waals surface area contributed by atoms with Gasteiger partial charge in [0.2, 0.25) is 11.5 Å². The largest absolute Gasteiger partial charge is 0.493 e. The maximum atomic E-state index is 12.5. The van der Waals surface area contributed by atoms with Crippen molar-refractivity contribution in [1.82, 2.24) is 0 Å². The number of ketones is 1. The molecule has 1 heterocycles. The summed E-state index contributed by atoms with van der Waals surface area (Å²) < 4.78 is 26.5. The molecule has 0 unspecified atom stereocenters. The summed E-state index contributed by atoms with van der Waals surface area (Å²) in [5, 5.41) is 0.846. The van der Waals surface area contributed by atoms with Crippen LogP contribution in [0.5, 0.6) is 17.2 Å². The van der Waals surface area contributed by atoms with Gasteiger partial charge in [-0.25, -0.2) is 4.79 Å². The van der Waals surface area contributed by atoms with Crippen LogP contribution < -0.4 is 14.2 Å². The van der Waals surface area contributed by atoms with Crippen molar-refractivity contribution in [2.75, 3.05) is 27.9 Å². The Morgan fingerprint density at radius 2 is 1.64 bits per heavy atom. The topological polar surface area (TPSA) is 84.2 Å². The van der Waals surface area contributed by atoms with E-state index in [4.69, 9.17) is 23.4 Å². The molecule has 0 amide bonds. The zero-order chi connectivity index (χ0) is 20.3. The van der Waals surface area contributed by atoms with Gasteiger partial charge >= 0.3 is 5.97 Å². The van der Waals surface area contributed by atoms with Crippen LogP contribution in [0.3, 0.4) is 0 Å². The number of para-hydroxylation sites is 1. The fourth-order valence-corrected chi connectivity index (χ4v) is 2.98. The Bertz CT molecular complexity index is 1030. The van der Waals surface area contributed by atoms with Crippen LogP contribution >= 0.6 is 0 Å². The average Bonchev–Trinajstić information content (AvgIpc) is 3.07. The molecule has 0 aliphatic heterocycles. The number of Topliss-reactive ketones (excluding diaryl/α,β-unsaturated/α-hetero) is 1. The van der Waals surface area contributed by atoms with E-state index in [0.29, 0.717) is 16.9 Å². The molecule has 3 rings (SSSR count). The van der Waals surface area contributed by atoms with E-state index in [1.165, 1.54) is 27.4 Å². The van der Waals surface area contributed by atoms with Crippen LogP contribution in [0.25, 0.3) is 11.0 Å². The van der Waals surface area contributed by atoms with E-state index in [-0.39, 0.29) is 22.8 Å². The van der Waals surface area contributed by atoms with Crippen molar-refractivity contribution in [2.24, 2.45) is 0 Å². The molecule has 7 nitrogen and oxygen atoms in total. The van der Waals surface area contributed by atoms with Gasteiger partial charge < -0.3 is 23.4 Å². The summed E-state index contributed by atoms with van der Waals surface area (Å²) >= 11 is 0. The van der Waals surface area contributed by atoms with E-state index in [9.17, 15) is 9.59 Å². The number of ether oxygens (including phenoxy) is 4. The third-order valence-electron chi connectivity index (χ3n) is 4.36. The third-order valence-corrected chi connectivity index (χ3v) is 4.36. The number of benzene rings is 2. The molecule has 0 spiro atoms. The Labute approximate surface area is 161 Å². The van der Waals surface area contributed by atoms with Gasteiger partial charge in [-0.1, -0.05) is 18.2 Å². The minimum absolute atomic E-state index is 0.120. The molecule has 0 saturated heterocycles. The summed E-state index contributed by atoms with van der Waals surface area (Å²) in [7, 11) is 4.31. The highest BCUT2D eigenvalue weighted by Crippen LogP contribution is 2.40. The van der Waals surface area contributed by atoms with Crippen LogP contribution in [0.1, 0.15) is 26.5 Å². The number of rotatable bonds is 7. The number of carbonyl (C=O) groups is 2. The lowest BCUT2D eigenvalue weighted by atomic mass is 10.1. The second-order valence-corrected chi connectivity index (χ2v) is 5.93. The zero-order valence-corrected chi connectivity index (χ0v) is 16.0. The predicted molar refractivity (Wildman–Crippen MR) is 102 cm³/mol. The Hall–Kier alpha value is -3.48. The molecule has 0 saturated carbocycles. The predicted octanol–water partition coefficient (Wildman–Crippen LogP) is 3.81. The van der Waals surface area contributed by atoms with E-state index in [0.717, 1.165) is 5.39 Å². The van der Waals surface area contributed by atoms with Crippen molar-refractivity contribution < 1.29 is 33.0 Å². The lowest BCUT2D eigenvalue weighted by Gasteiger charge is -2.14. The summed E-state index contributed by atoms with van der Waals surface area (Å²) in [5.41, 5.74) is 1.44. The minimum atomic E-state index is -0.722. The van der Waals surface area contributed by atoms with Crippen molar-refractivity contribution in [3.05, 3.63) is 53.3 Å². The van der Waals surface area contributed by atoms with Crippen LogP contribution in [0.2, 0.25) is 0 Å². The van der Waals surface area contributed by atoms with Crippen molar-refractivity contribution in [3.63, 3.8) is 0 Å². The maximum absolute atomic E-state index is 12.5. The van der Waals surface area contributed by atoms with Crippen molar-refractivity contribution in [3.8, 4) is 17.2 Å². The molecule has 0 bridgehead atoms. The normalized spacial score (nSPS) is 10.6. The molecule has 0 aliphatic carbocycles. The van der Waals surface area contributed by atoms with E-state index < -0.39 is 18.4 Å². The molecule has 1 aromatic heterocycles. The van der Waals surface area contributed by atoms with E-state index in [2.05, 4.69) is 0 Å². The fraction of sp³-hybridized carbons (Fsp3) is 0.238. The van der Waals surface area contributed by atoms with E-state index in [1.54, 1.807) is 19.1 Å². The number of aryl methyl sites for hydroxylation is 1. The van der Waals surface area contributed by atoms with Crippen LogP contribution in [0, 0.1) is 6.92 Å². The standard InChI is InChI=1S/C21H20O7/c1-12-13-7-5-6-8-16(13)28-18(12)15(22)11-27-21(23)14-9-10-17(24-2)20(26-4)19(14)25-3/h5-10H,11H2,1-4H3. The quantitative estimate of drug-likeness (QED) is 0.452. The molecule has 0 radical (unpaired) electrons. The zero-order valence-electron chi connectivity index (χ0n) is 16.0. The van der Waals surface area contributed by atoms with E-state index >= 15 is 0 Å². The van der Waals surface area contributed by atoms with Crippen LogP contribution in [0.4, 0.5) is 0 Å². The Morgan fingerprint density at radius 1 is 0.929 bits per heavy atom. The van der Waals surface area contributed by atoms with Gasteiger partial charge in [-0.2, -0.15) is 0 Å². The number of hydrogen-bond donors (Lipinski definition) is 0. The molecule has 0 fully saturated rings. The number of carbonyl (C=O) groups excluding carboxylic acids is 2. The molecular formula is C21H20O7. The van der Waals surface area contributed by atoms with Crippen molar-refractivity contribution in [1.29, 1.82) is 0 Å². The summed E-state index contributed by atoms with van der Waals surface area (Å²) in [6, 6.07) is 10.4. The summed E-state index contributed by atoms with van der Waals surface area (Å²) in [6.07, 6.45) is 0. The van der Waals surface area contributed by atoms with Crippen LogP contribution in [-0.4, -0.2) is 39.7 Å². The second-order valence-electron chi connectivity index (χ2n) is 5.93. The fourth-order valence-electron chi connectivity index (χ4n) is 2.98. The number of furan rings is 1. The smallest absolute Gasteiger partial charge is 0.342 e. The molecular weight excluding hydrogens is 364 g/mol. The third kappa shape index (κ3) is 3.38. The highest BCUT2D eigenvalue weighted by atomic mass is 16.5. The first-order chi connectivity index (χ1) is 13.5. The lowest BCUT2D eigenvalue weighted by Crippen LogP contribution is -2.15. The van der Waals surface area contributed by atoms with Gasteiger partial charge in [0.25, 0.3) is 0 Å². The first kappa shape index (κ1) is 19.3. The first-order valence-electron chi connectivity index (χ1n) is 8.49. The summed E-state index contributed by atoms with van der Waals surface area (Å²) in [5.74, 6) is -0.141. The monoisotopic (exact) mass is 384 g/mol. The van der Waals surface area contributed by atoms with Gasteiger partial charge in [0.1, 0.15) is 11.1 Å². The molecule has 28 heavy (non-hydrogen) atoms. The maximum Gasteiger partial charge on any atom is 0.342 e.